The third-order valence-electron chi connectivity index (χ3n) is 1.84. The summed E-state index contributed by atoms with van der Waals surface area (Å²) in [5.74, 6) is 0.254. The fourth-order valence-electron chi connectivity index (χ4n) is 1.17. The molecular weight excluding hydrogens is 365 g/mol. The maximum absolute atomic E-state index is 6.06. The van der Waals surface area contributed by atoms with Crippen LogP contribution < -0.4 is 4.43 Å². The predicted octanol–water partition coefficient (Wildman–Crippen LogP) is 5.87. The van der Waals surface area contributed by atoms with Gasteiger partial charge in [0.05, 0.1) is 15.1 Å². The zero-order chi connectivity index (χ0) is 13.2. The van der Waals surface area contributed by atoms with Crippen molar-refractivity contribution in [3.63, 3.8) is 0 Å². The maximum atomic E-state index is 6.06. The van der Waals surface area contributed by atoms with Gasteiger partial charge in [0.25, 0.3) is 0 Å². The van der Waals surface area contributed by atoms with E-state index in [0.717, 1.165) is 0 Å². The molecule has 8 heteroatoms. The van der Waals surface area contributed by atoms with Crippen molar-refractivity contribution in [1.82, 2.24) is 0 Å². The Morgan fingerprint density at radius 1 is 1.00 bits per heavy atom. The molecule has 0 unspecified atom stereocenters. The second kappa shape index (κ2) is 6.76. The van der Waals surface area contributed by atoms with Crippen LogP contribution in [0.3, 0.4) is 0 Å². The predicted molar refractivity (Wildman–Crippen MR) is 78.5 cm³/mol. The summed E-state index contributed by atoms with van der Waals surface area (Å²) in [5.41, 5.74) is 0.560. The Balaban J connectivity index is 3.47. The highest BCUT2D eigenvalue weighted by Gasteiger charge is 2.23. The quantitative estimate of drug-likeness (QED) is 0.212. The van der Waals surface area contributed by atoms with Gasteiger partial charge in [-0.25, -0.2) is 0 Å². The Hall–Kier alpha value is 0.717. The van der Waals surface area contributed by atoms with E-state index in [9.17, 15) is 0 Å². The Morgan fingerprint density at radius 3 is 2.00 bits per heavy atom. The lowest BCUT2D eigenvalue weighted by Crippen LogP contribution is -2.08. The summed E-state index contributed by atoms with van der Waals surface area (Å²) in [5, 5.41) is 0.674. The van der Waals surface area contributed by atoms with Crippen LogP contribution in [-0.2, 0) is 6.42 Å². The Kier molecular flexibility index (Phi) is 6.27. The second-order valence-electron chi connectivity index (χ2n) is 2.88. The van der Waals surface area contributed by atoms with Crippen LogP contribution in [0.1, 0.15) is 5.56 Å². The highest BCUT2D eigenvalue weighted by Crippen LogP contribution is 2.46. The minimum atomic E-state index is -2.03. The lowest BCUT2D eigenvalue weighted by atomic mass is 10.1. The van der Waals surface area contributed by atoms with Crippen LogP contribution in [0.25, 0.3) is 0 Å². The molecule has 0 aromatic heterocycles. The van der Waals surface area contributed by atoms with Gasteiger partial charge in [0, 0.05) is 5.56 Å². The first-order chi connectivity index (χ1) is 7.90. The van der Waals surface area contributed by atoms with Crippen LogP contribution in [0, 0.1) is 0 Å². The number of hydrogen-bond donors (Lipinski definition) is 0. The van der Waals surface area contributed by atoms with E-state index in [-0.39, 0.29) is 25.8 Å². The highest BCUT2D eigenvalue weighted by molar-refractivity contribution is 7.31. The van der Waals surface area contributed by atoms with Gasteiger partial charge in [0.1, 0.15) is 10.8 Å². The lowest BCUT2D eigenvalue weighted by Gasteiger charge is -2.16. The summed E-state index contributed by atoms with van der Waals surface area (Å²) in [7, 11) is -2.03. The topological polar surface area (TPSA) is 9.23 Å². The Bertz CT molecular complexity index is 448. The van der Waals surface area contributed by atoms with Crippen molar-refractivity contribution in [2.75, 3.05) is 0 Å². The number of rotatable bonds is 4. The van der Waals surface area contributed by atoms with E-state index >= 15 is 0 Å². The van der Waals surface area contributed by atoms with E-state index in [0.29, 0.717) is 12.0 Å². The molecule has 1 rings (SSSR count). The molecule has 0 N–H and O–H groups in total. The van der Waals surface area contributed by atoms with Crippen molar-refractivity contribution < 1.29 is 4.43 Å². The normalized spacial score (nSPS) is 10.8. The van der Waals surface area contributed by atoms with Crippen LogP contribution >= 0.6 is 68.6 Å². The molecular formula is C9H5Cl6OSi. The summed E-state index contributed by atoms with van der Waals surface area (Å²) in [4.78, 5) is 0. The maximum Gasteiger partial charge on any atom is 0.511 e. The van der Waals surface area contributed by atoms with Gasteiger partial charge in [-0.2, -0.15) is 0 Å². The first-order valence-corrected chi connectivity index (χ1v) is 9.16. The van der Waals surface area contributed by atoms with Gasteiger partial charge in [-0.1, -0.05) is 74.6 Å². The largest absolute Gasteiger partial charge is 0.515 e. The Labute approximate surface area is 130 Å². The fourth-order valence-corrected chi connectivity index (χ4v) is 3.06. The number of benzene rings is 1. The van der Waals surface area contributed by atoms with Crippen molar-refractivity contribution in [3.8, 4) is 5.75 Å². The molecule has 1 nitrogen and oxygen atoms in total. The Morgan fingerprint density at radius 2 is 1.53 bits per heavy atom. The third kappa shape index (κ3) is 3.60. The van der Waals surface area contributed by atoms with Crippen molar-refractivity contribution in [3.05, 3.63) is 38.3 Å². The van der Waals surface area contributed by atoms with Crippen molar-refractivity contribution in [1.29, 1.82) is 0 Å². The number of halogens is 6. The van der Waals surface area contributed by atoms with E-state index < -0.39 is 7.66 Å². The summed E-state index contributed by atoms with van der Waals surface area (Å²) in [6.07, 6.45) is 2.04. The molecule has 0 amide bonds. The number of allylic oxidation sites excluding steroid dienone is 1. The molecule has 0 aliphatic heterocycles. The van der Waals surface area contributed by atoms with Crippen LogP contribution in [0.15, 0.2) is 12.7 Å². The standard InChI is InChI=1S/C9H5Cl6OSi/c1-2-3-4-5(10)6(11)7(12)8(13)9(4)16-17(14)15/h2H,1,3H2. The minimum absolute atomic E-state index is 0.109. The van der Waals surface area contributed by atoms with Gasteiger partial charge < -0.3 is 4.43 Å². The van der Waals surface area contributed by atoms with Gasteiger partial charge in [0.2, 0.25) is 0 Å². The van der Waals surface area contributed by atoms with Crippen LogP contribution in [0.2, 0.25) is 20.1 Å². The molecule has 17 heavy (non-hydrogen) atoms. The molecule has 0 heterocycles. The van der Waals surface area contributed by atoms with Gasteiger partial charge in [-0.05, 0) is 6.42 Å². The van der Waals surface area contributed by atoms with Crippen LogP contribution in [-0.4, -0.2) is 7.66 Å². The monoisotopic (exact) mass is 367 g/mol. The molecule has 93 valence electrons. The SMILES string of the molecule is C=CCc1c(Cl)c(Cl)c(Cl)c(Cl)c1O[Si](Cl)Cl. The minimum Gasteiger partial charge on any atom is -0.515 e. The van der Waals surface area contributed by atoms with Gasteiger partial charge in [0.15, 0.2) is 0 Å². The number of hydrogen-bond acceptors (Lipinski definition) is 1. The van der Waals surface area contributed by atoms with Crippen molar-refractivity contribution in [2.45, 2.75) is 6.42 Å². The first kappa shape index (κ1) is 15.8. The summed E-state index contributed by atoms with van der Waals surface area (Å²) < 4.78 is 5.27. The smallest absolute Gasteiger partial charge is 0.511 e. The van der Waals surface area contributed by atoms with Crippen LogP contribution in [0.5, 0.6) is 5.75 Å². The van der Waals surface area contributed by atoms with E-state index in [1.54, 1.807) is 6.08 Å². The summed E-state index contributed by atoms with van der Waals surface area (Å²) in [6.45, 7) is 3.61. The molecule has 0 atom stereocenters. The zero-order valence-electron chi connectivity index (χ0n) is 8.17. The third-order valence-corrected chi connectivity index (χ3v) is 4.49. The van der Waals surface area contributed by atoms with Gasteiger partial charge >= 0.3 is 7.66 Å². The van der Waals surface area contributed by atoms with Crippen LogP contribution in [0.4, 0.5) is 0 Å². The molecule has 0 aliphatic rings. The average molecular weight is 370 g/mol. The molecule has 1 radical (unpaired) electrons. The van der Waals surface area contributed by atoms with Crippen molar-refractivity contribution >= 4 is 76.2 Å². The van der Waals surface area contributed by atoms with E-state index in [2.05, 4.69) is 6.58 Å². The van der Waals surface area contributed by atoms with E-state index in [4.69, 9.17) is 73.0 Å². The molecule has 1 aromatic carbocycles. The lowest BCUT2D eigenvalue weighted by molar-refractivity contribution is 0.596. The van der Waals surface area contributed by atoms with E-state index in [1.165, 1.54) is 0 Å². The zero-order valence-corrected chi connectivity index (χ0v) is 13.7. The molecule has 0 aliphatic carbocycles. The molecule has 0 saturated heterocycles. The molecule has 0 saturated carbocycles. The second-order valence-corrected chi connectivity index (χ2v) is 7.69. The molecule has 1 aromatic rings. The average Bonchev–Trinajstić information content (AvgIpc) is 2.28. The summed E-state index contributed by atoms with van der Waals surface area (Å²) in [6, 6.07) is 0. The fraction of sp³-hybridized carbons (Fsp3) is 0.111. The van der Waals surface area contributed by atoms with Crippen molar-refractivity contribution in [2.24, 2.45) is 0 Å². The molecule has 0 fully saturated rings. The molecule has 0 spiro atoms. The first-order valence-electron chi connectivity index (χ1n) is 4.21. The highest BCUT2D eigenvalue weighted by atomic mass is 35.7. The van der Waals surface area contributed by atoms with Gasteiger partial charge in [-0.3, -0.25) is 0 Å². The van der Waals surface area contributed by atoms with E-state index in [1.807, 2.05) is 0 Å². The summed E-state index contributed by atoms with van der Waals surface area (Å²) >= 11 is 35.2. The molecule has 0 bridgehead atoms. The van der Waals surface area contributed by atoms with Gasteiger partial charge in [-0.15, -0.1) is 6.58 Å².